The second-order valence-electron chi connectivity index (χ2n) is 4.98. The number of rotatable bonds is 8. The van der Waals surface area contributed by atoms with Crippen LogP contribution in [0.3, 0.4) is 0 Å². The van der Waals surface area contributed by atoms with Gasteiger partial charge >= 0.3 is 0 Å². The Kier molecular flexibility index (Phi) is 6.62. The molecule has 2 aromatic rings. The average molecular weight is 317 g/mol. The van der Waals surface area contributed by atoms with Crippen molar-refractivity contribution in [1.29, 1.82) is 0 Å². The Morgan fingerprint density at radius 3 is 2.59 bits per heavy atom. The molecule has 0 bridgehead atoms. The Morgan fingerprint density at radius 1 is 1.18 bits per heavy atom. The molecule has 0 aromatic heterocycles. The monoisotopic (exact) mass is 317 g/mol. The maximum atomic E-state index is 9.51. The smallest absolute Gasteiger partial charge is 0.124 e. The highest BCUT2D eigenvalue weighted by Gasteiger charge is 2.12. The van der Waals surface area contributed by atoms with Crippen LogP contribution < -0.4 is 10.1 Å². The van der Waals surface area contributed by atoms with Crippen LogP contribution in [0.25, 0.3) is 0 Å². The van der Waals surface area contributed by atoms with Crippen molar-refractivity contribution in [1.82, 2.24) is 0 Å². The Morgan fingerprint density at radius 2 is 1.95 bits per heavy atom. The SMILES string of the molecule is CCOc1ccc(NC(CSC)c2ccccc2)cc1CO. The van der Waals surface area contributed by atoms with Crippen LogP contribution in [-0.2, 0) is 6.61 Å². The highest BCUT2D eigenvalue weighted by molar-refractivity contribution is 7.98. The molecule has 118 valence electrons. The Bertz CT molecular complexity index is 575. The van der Waals surface area contributed by atoms with Crippen molar-refractivity contribution in [2.45, 2.75) is 19.6 Å². The van der Waals surface area contributed by atoms with E-state index in [9.17, 15) is 5.11 Å². The predicted octanol–water partition coefficient (Wildman–Crippen LogP) is 4.09. The van der Waals surface area contributed by atoms with Gasteiger partial charge in [0.15, 0.2) is 0 Å². The van der Waals surface area contributed by atoms with Crippen molar-refractivity contribution in [3.05, 3.63) is 59.7 Å². The zero-order valence-corrected chi connectivity index (χ0v) is 13.9. The highest BCUT2D eigenvalue weighted by Crippen LogP contribution is 2.27. The Balaban J connectivity index is 2.19. The van der Waals surface area contributed by atoms with Gasteiger partial charge in [0.05, 0.1) is 19.3 Å². The summed E-state index contributed by atoms with van der Waals surface area (Å²) >= 11 is 1.81. The molecular weight excluding hydrogens is 294 g/mol. The van der Waals surface area contributed by atoms with Crippen LogP contribution in [0.15, 0.2) is 48.5 Å². The van der Waals surface area contributed by atoms with Crippen LogP contribution in [0.5, 0.6) is 5.75 Å². The van der Waals surface area contributed by atoms with Gasteiger partial charge in [0.1, 0.15) is 5.75 Å². The summed E-state index contributed by atoms with van der Waals surface area (Å²) < 4.78 is 5.53. The number of hydrogen-bond donors (Lipinski definition) is 2. The van der Waals surface area contributed by atoms with Crippen molar-refractivity contribution in [2.75, 3.05) is 23.9 Å². The van der Waals surface area contributed by atoms with E-state index < -0.39 is 0 Å². The Labute approximate surface area is 136 Å². The molecule has 1 atom stereocenters. The average Bonchev–Trinajstić information content (AvgIpc) is 2.56. The molecule has 0 saturated carbocycles. The lowest BCUT2D eigenvalue weighted by Crippen LogP contribution is -2.13. The molecule has 0 fully saturated rings. The van der Waals surface area contributed by atoms with E-state index >= 15 is 0 Å². The second-order valence-corrected chi connectivity index (χ2v) is 5.89. The van der Waals surface area contributed by atoms with Crippen molar-refractivity contribution >= 4 is 17.4 Å². The number of thioether (sulfide) groups is 1. The maximum absolute atomic E-state index is 9.51. The summed E-state index contributed by atoms with van der Waals surface area (Å²) in [7, 11) is 0. The van der Waals surface area contributed by atoms with Gasteiger partial charge in [-0.05, 0) is 36.9 Å². The minimum atomic E-state index is -0.0244. The predicted molar refractivity (Wildman–Crippen MR) is 94.7 cm³/mol. The van der Waals surface area contributed by atoms with E-state index in [0.29, 0.717) is 6.61 Å². The molecule has 0 aliphatic heterocycles. The van der Waals surface area contributed by atoms with Gasteiger partial charge in [0.25, 0.3) is 0 Å². The van der Waals surface area contributed by atoms with Crippen LogP contribution in [0, 0.1) is 0 Å². The van der Waals surface area contributed by atoms with E-state index in [1.54, 1.807) is 0 Å². The fourth-order valence-electron chi connectivity index (χ4n) is 2.36. The van der Waals surface area contributed by atoms with Gasteiger partial charge < -0.3 is 15.2 Å². The van der Waals surface area contributed by atoms with E-state index in [2.05, 4.69) is 35.8 Å². The van der Waals surface area contributed by atoms with Gasteiger partial charge in [0.2, 0.25) is 0 Å². The van der Waals surface area contributed by atoms with Crippen LogP contribution in [0.1, 0.15) is 24.1 Å². The molecule has 0 amide bonds. The topological polar surface area (TPSA) is 41.5 Å². The lowest BCUT2D eigenvalue weighted by atomic mass is 10.1. The fourth-order valence-corrected chi connectivity index (χ4v) is 2.97. The second kappa shape index (κ2) is 8.71. The maximum Gasteiger partial charge on any atom is 0.124 e. The van der Waals surface area contributed by atoms with E-state index in [1.807, 2.05) is 43.0 Å². The van der Waals surface area contributed by atoms with E-state index in [1.165, 1.54) is 5.56 Å². The number of hydrogen-bond acceptors (Lipinski definition) is 4. The molecule has 2 rings (SSSR count). The zero-order chi connectivity index (χ0) is 15.8. The molecule has 22 heavy (non-hydrogen) atoms. The number of anilines is 1. The van der Waals surface area contributed by atoms with Crippen LogP contribution >= 0.6 is 11.8 Å². The lowest BCUT2D eigenvalue weighted by Gasteiger charge is -2.20. The van der Waals surface area contributed by atoms with Crippen molar-refractivity contribution in [3.8, 4) is 5.75 Å². The summed E-state index contributed by atoms with van der Waals surface area (Å²) in [4.78, 5) is 0. The molecule has 2 N–H and O–H groups in total. The summed E-state index contributed by atoms with van der Waals surface area (Å²) in [5.74, 6) is 1.72. The van der Waals surface area contributed by atoms with Gasteiger partial charge in [-0.1, -0.05) is 30.3 Å². The first-order valence-electron chi connectivity index (χ1n) is 7.45. The molecule has 0 saturated heterocycles. The van der Waals surface area contributed by atoms with Gasteiger partial charge in [-0.25, -0.2) is 0 Å². The Hall–Kier alpha value is -1.65. The summed E-state index contributed by atoms with van der Waals surface area (Å²) in [5, 5.41) is 13.1. The number of benzene rings is 2. The lowest BCUT2D eigenvalue weighted by molar-refractivity contribution is 0.267. The molecule has 3 nitrogen and oxygen atoms in total. The molecule has 2 aromatic carbocycles. The first kappa shape index (κ1) is 16.7. The largest absolute Gasteiger partial charge is 0.494 e. The summed E-state index contributed by atoms with van der Waals surface area (Å²) in [5.41, 5.74) is 3.06. The molecule has 0 spiro atoms. The summed E-state index contributed by atoms with van der Waals surface area (Å²) in [6.07, 6.45) is 2.11. The number of aliphatic hydroxyl groups excluding tert-OH is 1. The van der Waals surface area contributed by atoms with Crippen molar-refractivity contribution in [3.63, 3.8) is 0 Å². The first-order chi connectivity index (χ1) is 10.8. The van der Waals surface area contributed by atoms with Gasteiger partial charge in [-0.15, -0.1) is 0 Å². The number of ether oxygens (including phenoxy) is 1. The standard InChI is InChI=1S/C18H23NO2S/c1-3-21-18-10-9-16(11-15(18)12-20)19-17(13-22-2)14-7-5-4-6-8-14/h4-11,17,19-20H,3,12-13H2,1-2H3. The van der Waals surface area contributed by atoms with Crippen LogP contribution in [0.4, 0.5) is 5.69 Å². The van der Waals surface area contributed by atoms with Crippen molar-refractivity contribution in [2.24, 2.45) is 0 Å². The summed E-state index contributed by atoms with van der Waals surface area (Å²) in [6.45, 7) is 2.51. The minimum Gasteiger partial charge on any atom is -0.494 e. The molecule has 4 heteroatoms. The van der Waals surface area contributed by atoms with Gasteiger partial charge in [0, 0.05) is 17.0 Å². The molecule has 0 aliphatic rings. The summed E-state index contributed by atoms with van der Waals surface area (Å²) in [6, 6.07) is 16.5. The van der Waals surface area contributed by atoms with Crippen molar-refractivity contribution < 1.29 is 9.84 Å². The first-order valence-corrected chi connectivity index (χ1v) is 8.84. The fraction of sp³-hybridized carbons (Fsp3) is 0.333. The minimum absolute atomic E-state index is 0.0244. The van der Waals surface area contributed by atoms with E-state index in [4.69, 9.17) is 4.74 Å². The molecular formula is C18H23NO2S. The quantitative estimate of drug-likeness (QED) is 0.769. The number of aliphatic hydroxyl groups is 1. The molecule has 1 unspecified atom stereocenters. The van der Waals surface area contributed by atoms with E-state index in [-0.39, 0.29) is 12.6 Å². The van der Waals surface area contributed by atoms with E-state index in [0.717, 1.165) is 22.8 Å². The third-order valence-electron chi connectivity index (χ3n) is 3.41. The van der Waals surface area contributed by atoms with Crippen LogP contribution in [-0.4, -0.2) is 23.7 Å². The number of nitrogens with one attached hydrogen (secondary N) is 1. The molecule has 0 radical (unpaired) electrons. The van der Waals surface area contributed by atoms with Gasteiger partial charge in [-0.2, -0.15) is 11.8 Å². The normalized spacial score (nSPS) is 12.0. The molecule has 0 aliphatic carbocycles. The molecule has 0 heterocycles. The van der Waals surface area contributed by atoms with Crippen LogP contribution in [0.2, 0.25) is 0 Å². The third-order valence-corrected chi connectivity index (χ3v) is 4.07. The van der Waals surface area contributed by atoms with Gasteiger partial charge in [-0.3, -0.25) is 0 Å². The third kappa shape index (κ3) is 4.42. The highest BCUT2D eigenvalue weighted by atomic mass is 32.2. The zero-order valence-electron chi connectivity index (χ0n) is 13.1.